The van der Waals surface area contributed by atoms with E-state index in [0.717, 1.165) is 65.7 Å². The predicted molar refractivity (Wildman–Crippen MR) is 127 cm³/mol. The van der Waals surface area contributed by atoms with Gasteiger partial charge in [0, 0.05) is 17.5 Å². The number of hydrogen-bond donors (Lipinski definition) is 2. The van der Waals surface area contributed by atoms with E-state index in [1.165, 1.54) is 12.0 Å². The van der Waals surface area contributed by atoms with Crippen LogP contribution in [0.1, 0.15) is 84.2 Å². The Labute approximate surface area is 189 Å². The van der Waals surface area contributed by atoms with Gasteiger partial charge in [0.25, 0.3) is 0 Å². The molecule has 3 aromatic rings. The molecule has 2 aliphatic carbocycles. The number of aromatic nitrogens is 3. The van der Waals surface area contributed by atoms with E-state index in [2.05, 4.69) is 41.7 Å². The van der Waals surface area contributed by atoms with Crippen LogP contribution in [0.5, 0.6) is 0 Å². The second-order valence-electron chi connectivity index (χ2n) is 10.3. The lowest BCUT2D eigenvalue weighted by molar-refractivity contribution is 0.0328. The van der Waals surface area contributed by atoms with Crippen LogP contribution in [0.25, 0.3) is 21.9 Å². The van der Waals surface area contributed by atoms with Crippen LogP contribution in [0.3, 0.4) is 0 Å². The number of benzene rings is 1. The first-order valence-electron chi connectivity index (χ1n) is 11.9. The third-order valence-corrected chi connectivity index (χ3v) is 6.62. The van der Waals surface area contributed by atoms with Crippen LogP contribution in [0.15, 0.2) is 41.9 Å². The maximum absolute atomic E-state index is 10.5. The highest BCUT2D eigenvalue weighted by molar-refractivity contribution is 6.02. The molecule has 0 aliphatic heterocycles. The summed E-state index contributed by atoms with van der Waals surface area (Å²) in [5.74, 6) is 1.72. The van der Waals surface area contributed by atoms with Gasteiger partial charge in [0.2, 0.25) is 0 Å². The molecule has 6 heteroatoms. The van der Waals surface area contributed by atoms with Crippen molar-refractivity contribution < 1.29 is 9.84 Å². The van der Waals surface area contributed by atoms with Gasteiger partial charge in [-0.25, -0.2) is 4.98 Å². The van der Waals surface area contributed by atoms with E-state index < -0.39 is 6.10 Å². The van der Waals surface area contributed by atoms with E-state index in [0.29, 0.717) is 6.04 Å². The summed E-state index contributed by atoms with van der Waals surface area (Å²) in [6.45, 7) is 8.12. The molecule has 2 unspecified atom stereocenters. The van der Waals surface area contributed by atoms with Crippen LogP contribution in [0, 0.1) is 0 Å². The minimum atomic E-state index is -0.634. The fourth-order valence-electron chi connectivity index (χ4n) is 5.01. The van der Waals surface area contributed by atoms with Crippen molar-refractivity contribution in [2.75, 3.05) is 0 Å². The Morgan fingerprint density at radius 2 is 1.97 bits per heavy atom. The van der Waals surface area contributed by atoms with Gasteiger partial charge in [-0.3, -0.25) is 4.98 Å². The Kier molecular flexibility index (Phi) is 5.36. The molecular formula is C26H34N4O2. The van der Waals surface area contributed by atoms with Gasteiger partial charge in [-0.2, -0.15) is 0 Å². The fourth-order valence-corrected chi connectivity index (χ4v) is 5.01. The first kappa shape index (κ1) is 21.3. The van der Waals surface area contributed by atoms with Crippen molar-refractivity contribution in [3.63, 3.8) is 0 Å². The molecule has 0 spiro atoms. The van der Waals surface area contributed by atoms with Crippen LogP contribution in [0.4, 0.5) is 0 Å². The van der Waals surface area contributed by atoms with Gasteiger partial charge in [0.15, 0.2) is 5.88 Å². The zero-order chi connectivity index (χ0) is 22.5. The SMILES string of the molecule is C[C@@H](O)c1nc2cnc3ccccc3c2n1C1CCC(NC(OC(C)(C)C)=C2CCC2)C1. The molecule has 32 heavy (non-hydrogen) atoms. The lowest BCUT2D eigenvalue weighted by Gasteiger charge is -2.31. The fraction of sp³-hybridized carbons (Fsp3) is 0.538. The standard InChI is InChI=1S/C26H34N4O2/c1-16(31)24-29-22-15-27-21-11-6-5-10-20(21)23(22)30(24)19-13-12-18(14-19)28-25(17-8-7-9-17)32-26(2,3)4/h5-6,10-11,15-16,18-19,28,31H,7-9,12-14H2,1-4H3/t16-,18?,19?/m1/s1. The van der Waals surface area contributed by atoms with E-state index in [-0.39, 0.29) is 11.6 Å². The van der Waals surface area contributed by atoms with Gasteiger partial charge >= 0.3 is 0 Å². The van der Waals surface area contributed by atoms with E-state index in [1.807, 2.05) is 24.4 Å². The third-order valence-electron chi connectivity index (χ3n) is 6.62. The molecule has 1 aromatic carbocycles. The van der Waals surface area contributed by atoms with Gasteiger partial charge in [-0.1, -0.05) is 18.2 Å². The summed E-state index contributed by atoms with van der Waals surface area (Å²) in [5.41, 5.74) is 4.10. The highest BCUT2D eigenvalue weighted by atomic mass is 16.5. The highest BCUT2D eigenvalue weighted by Gasteiger charge is 2.32. The number of ether oxygens (including phenoxy) is 1. The molecule has 2 heterocycles. The maximum atomic E-state index is 10.5. The number of pyridine rings is 1. The summed E-state index contributed by atoms with van der Waals surface area (Å²) < 4.78 is 8.60. The lowest BCUT2D eigenvalue weighted by Crippen LogP contribution is -2.34. The maximum Gasteiger partial charge on any atom is 0.186 e. The number of aliphatic hydroxyl groups excluding tert-OH is 1. The second-order valence-corrected chi connectivity index (χ2v) is 10.3. The molecule has 3 atom stereocenters. The van der Waals surface area contributed by atoms with Gasteiger partial charge < -0.3 is 19.7 Å². The van der Waals surface area contributed by atoms with Crippen molar-refractivity contribution in [3.05, 3.63) is 47.7 Å². The first-order valence-corrected chi connectivity index (χ1v) is 11.9. The average Bonchev–Trinajstić information content (AvgIpc) is 3.29. The van der Waals surface area contributed by atoms with Gasteiger partial charge in [0.1, 0.15) is 23.0 Å². The molecule has 0 radical (unpaired) electrons. The van der Waals surface area contributed by atoms with Crippen LogP contribution in [-0.4, -0.2) is 31.3 Å². The van der Waals surface area contributed by atoms with E-state index in [9.17, 15) is 5.11 Å². The molecule has 6 nitrogen and oxygen atoms in total. The molecule has 170 valence electrons. The van der Waals surface area contributed by atoms with Crippen LogP contribution in [0.2, 0.25) is 0 Å². The predicted octanol–water partition coefficient (Wildman–Crippen LogP) is 5.53. The number of nitrogens with zero attached hydrogens (tertiary/aromatic N) is 3. The Hall–Kier alpha value is -2.60. The van der Waals surface area contributed by atoms with E-state index in [4.69, 9.17) is 9.72 Å². The normalized spacial score (nSPS) is 22.2. The van der Waals surface area contributed by atoms with Gasteiger partial charge in [-0.15, -0.1) is 0 Å². The van der Waals surface area contributed by atoms with Crippen molar-refractivity contribution in [1.82, 2.24) is 19.9 Å². The number of imidazole rings is 1. The summed E-state index contributed by atoms with van der Waals surface area (Å²) in [5, 5.41) is 15.4. The molecule has 5 rings (SSSR count). The number of allylic oxidation sites excluding steroid dienone is 1. The van der Waals surface area contributed by atoms with E-state index in [1.54, 1.807) is 6.92 Å². The molecular weight excluding hydrogens is 400 g/mol. The summed E-state index contributed by atoms with van der Waals surface area (Å²) in [6, 6.07) is 8.82. The van der Waals surface area contributed by atoms with Crippen molar-refractivity contribution >= 4 is 21.9 Å². The summed E-state index contributed by atoms with van der Waals surface area (Å²) in [7, 11) is 0. The van der Waals surface area contributed by atoms with Crippen molar-refractivity contribution in [2.24, 2.45) is 0 Å². The Morgan fingerprint density at radius 3 is 2.66 bits per heavy atom. The average molecular weight is 435 g/mol. The van der Waals surface area contributed by atoms with Crippen molar-refractivity contribution in [1.29, 1.82) is 0 Å². The Bertz CT molecular complexity index is 1170. The van der Waals surface area contributed by atoms with Crippen LogP contribution < -0.4 is 5.32 Å². The zero-order valence-corrected chi connectivity index (χ0v) is 19.6. The van der Waals surface area contributed by atoms with E-state index >= 15 is 0 Å². The van der Waals surface area contributed by atoms with Gasteiger partial charge in [-0.05, 0) is 77.9 Å². The number of rotatable bonds is 5. The molecule has 2 N–H and O–H groups in total. The topological polar surface area (TPSA) is 72.2 Å². The zero-order valence-electron chi connectivity index (χ0n) is 19.6. The number of aliphatic hydroxyl groups is 1. The molecule has 0 saturated heterocycles. The quantitative estimate of drug-likeness (QED) is 0.517. The monoisotopic (exact) mass is 434 g/mol. The molecule has 2 saturated carbocycles. The van der Waals surface area contributed by atoms with Crippen LogP contribution >= 0.6 is 0 Å². The molecule has 2 aliphatic rings. The minimum absolute atomic E-state index is 0.213. The molecule has 2 fully saturated rings. The number of para-hydroxylation sites is 1. The number of hydrogen-bond acceptors (Lipinski definition) is 5. The number of fused-ring (bicyclic) bond motifs is 3. The summed E-state index contributed by atoms with van der Waals surface area (Å²) >= 11 is 0. The molecule has 0 bridgehead atoms. The lowest BCUT2D eigenvalue weighted by atomic mass is 9.92. The van der Waals surface area contributed by atoms with Crippen molar-refractivity contribution in [2.45, 2.75) is 90.0 Å². The van der Waals surface area contributed by atoms with Crippen LogP contribution in [-0.2, 0) is 4.74 Å². The number of nitrogens with one attached hydrogen (secondary N) is 1. The molecule has 2 aromatic heterocycles. The van der Waals surface area contributed by atoms with Crippen molar-refractivity contribution in [3.8, 4) is 0 Å². The minimum Gasteiger partial charge on any atom is -0.474 e. The third kappa shape index (κ3) is 3.96. The highest BCUT2D eigenvalue weighted by Crippen LogP contribution is 2.39. The second kappa shape index (κ2) is 8.07. The Balaban J connectivity index is 1.48. The summed E-state index contributed by atoms with van der Waals surface area (Å²) in [4.78, 5) is 9.37. The smallest absolute Gasteiger partial charge is 0.186 e. The van der Waals surface area contributed by atoms with Gasteiger partial charge in [0.05, 0.1) is 17.2 Å². The molecule has 0 amide bonds. The largest absolute Gasteiger partial charge is 0.474 e. The summed E-state index contributed by atoms with van der Waals surface area (Å²) in [6.07, 6.45) is 7.80. The Morgan fingerprint density at radius 1 is 1.19 bits per heavy atom. The first-order chi connectivity index (χ1) is 15.3.